The van der Waals surface area contributed by atoms with Crippen molar-refractivity contribution >= 4 is 5.97 Å². The molecule has 0 heterocycles. The van der Waals surface area contributed by atoms with Gasteiger partial charge in [-0.3, -0.25) is 4.79 Å². The summed E-state index contributed by atoms with van der Waals surface area (Å²) >= 11 is 0. The minimum atomic E-state index is -0.541. The number of hydrogen-bond donors (Lipinski definition) is 1. The van der Waals surface area contributed by atoms with Crippen molar-refractivity contribution in [2.24, 2.45) is 0 Å². The maximum absolute atomic E-state index is 12.1. The van der Waals surface area contributed by atoms with Gasteiger partial charge >= 0.3 is 5.97 Å². The zero-order valence-corrected chi connectivity index (χ0v) is 28.5. The van der Waals surface area contributed by atoms with Crippen molar-refractivity contribution in [1.82, 2.24) is 0 Å². The molecule has 0 aromatic carbocycles. The van der Waals surface area contributed by atoms with E-state index in [0.717, 1.165) is 57.8 Å². The van der Waals surface area contributed by atoms with Crippen molar-refractivity contribution in [2.45, 2.75) is 174 Å². The predicted octanol–water partition coefficient (Wildman–Crippen LogP) is 11.5. The Labute approximate surface area is 267 Å². The minimum Gasteiger partial charge on any atom is -0.457 e. The number of unbranched alkanes of at least 4 members (excludes halogenated alkanes) is 17. The number of hydrogen-bond acceptors (Lipinski definition) is 4. The average molecular weight is 603 g/mol. The van der Waals surface area contributed by atoms with Crippen LogP contribution in [-0.2, 0) is 14.3 Å². The minimum absolute atomic E-state index is 0.179. The molecule has 250 valence electrons. The largest absolute Gasteiger partial charge is 0.457 e. The van der Waals surface area contributed by atoms with E-state index in [1.54, 1.807) is 0 Å². The molecule has 0 aromatic rings. The first-order valence-corrected chi connectivity index (χ1v) is 18.2. The van der Waals surface area contributed by atoms with Crippen LogP contribution in [0.5, 0.6) is 0 Å². The number of aliphatic hydroxyl groups is 1. The lowest BCUT2D eigenvalue weighted by atomic mass is 10.0. The number of rotatable bonds is 33. The van der Waals surface area contributed by atoms with E-state index in [-0.39, 0.29) is 19.2 Å². The van der Waals surface area contributed by atoms with Gasteiger partial charge in [-0.15, -0.1) is 0 Å². The maximum atomic E-state index is 12.1. The van der Waals surface area contributed by atoms with Gasteiger partial charge in [-0.1, -0.05) is 159 Å². The third-order valence-electron chi connectivity index (χ3n) is 7.67. The third-order valence-corrected chi connectivity index (χ3v) is 7.67. The summed E-state index contributed by atoms with van der Waals surface area (Å²) in [6.07, 6.45) is 45.8. The summed E-state index contributed by atoms with van der Waals surface area (Å²) in [5.41, 5.74) is 0. The third kappa shape index (κ3) is 34.7. The molecule has 1 unspecified atom stereocenters. The van der Waals surface area contributed by atoms with Crippen molar-refractivity contribution in [2.75, 3.05) is 19.8 Å². The van der Waals surface area contributed by atoms with Crippen molar-refractivity contribution in [3.05, 3.63) is 48.6 Å². The quantitative estimate of drug-likeness (QED) is 0.0461. The lowest BCUT2D eigenvalue weighted by Gasteiger charge is -2.15. The molecule has 0 aromatic heterocycles. The van der Waals surface area contributed by atoms with Crippen LogP contribution < -0.4 is 0 Å². The molecule has 0 bridgehead atoms. The summed E-state index contributed by atoms with van der Waals surface area (Å²) in [5.74, 6) is -0.209. The number of ether oxygens (including phenoxy) is 2. The predicted molar refractivity (Wildman–Crippen MR) is 187 cm³/mol. The van der Waals surface area contributed by atoms with Crippen LogP contribution in [-0.4, -0.2) is 37.0 Å². The monoisotopic (exact) mass is 603 g/mol. The first-order chi connectivity index (χ1) is 21.2. The van der Waals surface area contributed by atoms with Gasteiger partial charge in [0.25, 0.3) is 0 Å². The van der Waals surface area contributed by atoms with Crippen LogP contribution in [0, 0.1) is 0 Å². The first-order valence-electron chi connectivity index (χ1n) is 18.2. The zero-order chi connectivity index (χ0) is 31.3. The second-order valence-electron chi connectivity index (χ2n) is 11.9. The standard InChI is InChI=1S/C39H70O4/c1-3-5-7-9-11-13-15-17-18-19-20-21-23-25-27-29-31-33-35-42-37-38(36-40)43-39(41)34-32-30-28-26-24-22-16-14-12-10-8-6-4-2/h5,7,11,13,17-18,20-21,38,40H,3-4,6,8-10,12,14-16,19,22-37H2,1-2H3/b7-5-,13-11-,18-17-,21-20-. The van der Waals surface area contributed by atoms with E-state index >= 15 is 0 Å². The summed E-state index contributed by atoms with van der Waals surface area (Å²) < 4.78 is 11.1. The van der Waals surface area contributed by atoms with Gasteiger partial charge in [0.05, 0.1) is 13.2 Å². The van der Waals surface area contributed by atoms with E-state index in [1.165, 1.54) is 89.9 Å². The molecule has 1 N–H and O–H groups in total. The summed E-state index contributed by atoms with van der Waals surface area (Å²) in [6.45, 7) is 5.19. The highest BCUT2D eigenvalue weighted by Crippen LogP contribution is 2.13. The SMILES string of the molecule is CC/C=C\C/C=C\C/C=C\C/C=C\CCCCCCCOCC(CO)OC(=O)CCCCCCCCCCCCCCC. The van der Waals surface area contributed by atoms with Crippen molar-refractivity contribution in [3.8, 4) is 0 Å². The molecule has 1 atom stereocenters. The van der Waals surface area contributed by atoms with Crippen LogP contribution in [0.1, 0.15) is 168 Å². The van der Waals surface area contributed by atoms with Gasteiger partial charge in [-0.2, -0.15) is 0 Å². The molecule has 0 aliphatic rings. The maximum Gasteiger partial charge on any atom is 0.306 e. The van der Waals surface area contributed by atoms with E-state index in [9.17, 15) is 9.90 Å². The molecule has 0 aliphatic heterocycles. The fourth-order valence-electron chi connectivity index (χ4n) is 4.96. The van der Waals surface area contributed by atoms with Crippen molar-refractivity contribution in [3.63, 3.8) is 0 Å². The molecule has 0 fully saturated rings. The van der Waals surface area contributed by atoms with Gasteiger partial charge in [0.1, 0.15) is 6.10 Å². The molecule has 0 spiro atoms. The second-order valence-corrected chi connectivity index (χ2v) is 11.9. The number of esters is 1. The van der Waals surface area contributed by atoms with Gasteiger partial charge < -0.3 is 14.6 Å². The highest BCUT2D eigenvalue weighted by molar-refractivity contribution is 5.69. The van der Waals surface area contributed by atoms with E-state index in [2.05, 4.69) is 62.5 Å². The average Bonchev–Trinajstić information content (AvgIpc) is 3.01. The van der Waals surface area contributed by atoms with Crippen LogP contribution in [0.3, 0.4) is 0 Å². The molecule has 0 saturated heterocycles. The summed E-state index contributed by atoms with van der Waals surface area (Å²) in [6, 6.07) is 0. The molecule has 0 radical (unpaired) electrons. The molecular weight excluding hydrogens is 532 g/mol. The normalized spacial score (nSPS) is 12.9. The fourth-order valence-corrected chi connectivity index (χ4v) is 4.96. The van der Waals surface area contributed by atoms with E-state index < -0.39 is 6.10 Å². The Kier molecular flexibility index (Phi) is 35.1. The van der Waals surface area contributed by atoms with Crippen LogP contribution in [0.25, 0.3) is 0 Å². The smallest absolute Gasteiger partial charge is 0.306 e. The van der Waals surface area contributed by atoms with E-state index in [4.69, 9.17) is 9.47 Å². The molecule has 0 amide bonds. The Morgan fingerprint density at radius 2 is 1.05 bits per heavy atom. The molecule has 43 heavy (non-hydrogen) atoms. The molecule has 0 rings (SSSR count). The first kappa shape index (κ1) is 41.4. The Balaban J connectivity index is 3.49. The van der Waals surface area contributed by atoms with Gasteiger partial charge in [-0.25, -0.2) is 0 Å². The summed E-state index contributed by atoms with van der Waals surface area (Å²) in [5, 5.41) is 9.55. The lowest BCUT2D eigenvalue weighted by Crippen LogP contribution is -2.27. The Morgan fingerprint density at radius 3 is 1.58 bits per heavy atom. The number of allylic oxidation sites excluding steroid dienone is 8. The zero-order valence-electron chi connectivity index (χ0n) is 28.5. The molecule has 0 saturated carbocycles. The highest BCUT2D eigenvalue weighted by Gasteiger charge is 2.13. The second kappa shape index (κ2) is 36.5. The Hall–Kier alpha value is -1.65. The Bertz CT molecular complexity index is 679. The fraction of sp³-hybridized carbons (Fsp3) is 0.769. The van der Waals surface area contributed by atoms with Crippen molar-refractivity contribution in [1.29, 1.82) is 0 Å². The van der Waals surface area contributed by atoms with Gasteiger partial charge in [0.15, 0.2) is 0 Å². The van der Waals surface area contributed by atoms with Crippen molar-refractivity contribution < 1.29 is 19.4 Å². The molecule has 4 heteroatoms. The molecule has 0 aliphatic carbocycles. The van der Waals surface area contributed by atoms with Crippen LogP contribution in [0.4, 0.5) is 0 Å². The van der Waals surface area contributed by atoms with Crippen LogP contribution in [0.2, 0.25) is 0 Å². The number of carbonyl (C=O) groups excluding carboxylic acids is 1. The summed E-state index contributed by atoms with van der Waals surface area (Å²) in [4.78, 5) is 12.1. The Morgan fingerprint density at radius 1 is 0.581 bits per heavy atom. The van der Waals surface area contributed by atoms with Crippen LogP contribution in [0.15, 0.2) is 48.6 Å². The lowest BCUT2D eigenvalue weighted by molar-refractivity contribution is -0.154. The number of carbonyl (C=O) groups is 1. The summed E-state index contributed by atoms with van der Waals surface area (Å²) in [7, 11) is 0. The highest BCUT2D eigenvalue weighted by atomic mass is 16.6. The van der Waals surface area contributed by atoms with Crippen LogP contribution >= 0.6 is 0 Å². The molecular formula is C39H70O4. The molecule has 4 nitrogen and oxygen atoms in total. The van der Waals surface area contributed by atoms with Gasteiger partial charge in [0.2, 0.25) is 0 Å². The van der Waals surface area contributed by atoms with Gasteiger partial charge in [0, 0.05) is 13.0 Å². The van der Waals surface area contributed by atoms with E-state index in [1.807, 2.05) is 0 Å². The van der Waals surface area contributed by atoms with Gasteiger partial charge in [-0.05, 0) is 51.4 Å². The van der Waals surface area contributed by atoms with E-state index in [0.29, 0.717) is 13.0 Å². The number of aliphatic hydroxyl groups excluding tert-OH is 1. The topological polar surface area (TPSA) is 55.8 Å².